The molecular formula is C21H19ClN4O2S. The molecule has 148 valence electrons. The Morgan fingerprint density at radius 1 is 1.21 bits per heavy atom. The van der Waals surface area contributed by atoms with E-state index in [0.29, 0.717) is 28.8 Å². The molecule has 6 nitrogen and oxygen atoms in total. The number of benzene rings is 2. The molecule has 0 aliphatic carbocycles. The van der Waals surface area contributed by atoms with Crippen LogP contribution in [0.25, 0.3) is 15.3 Å². The summed E-state index contributed by atoms with van der Waals surface area (Å²) in [5.74, 6) is 1.30. The predicted molar refractivity (Wildman–Crippen MR) is 116 cm³/mol. The van der Waals surface area contributed by atoms with Crippen LogP contribution in [-0.4, -0.2) is 27.8 Å². The Labute approximate surface area is 177 Å². The van der Waals surface area contributed by atoms with Crippen molar-refractivity contribution in [1.82, 2.24) is 14.8 Å². The number of nitrogens with zero attached hydrogens (tertiary/aromatic N) is 3. The molecule has 0 aliphatic rings. The van der Waals surface area contributed by atoms with Gasteiger partial charge in [-0.25, -0.2) is 4.98 Å². The van der Waals surface area contributed by atoms with E-state index >= 15 is 0 Å². The normalized spacial score (nSPS) is 11.0. The fourth-order valence-electron chi connectivity index (χ4n) is 2.96. The first kappa shape index (κ1) is 19.4. The van der Waals surface area contributed by atoms with Crippen LogP contribution in [0.15, 0.2) is 48.5 Å². The van der Waals surface area contributed by atoms with E-state index in [0.717, 1.165) is 27.2 Å². The Hall–Kier alpha value is -2.90. The standard InChI is InChI=1S/C21H19ClN4O2S/c1-13-11-19(24-20(27)10-5-14-3-6-15(22)7-4-14)26(25-13)21-23-17-9-8-16(28-2)12-18(17)29-21/h3-4,6-9,11-12H,5,10H2,1-2H3,(H,24,27). The summed E-state index contributed by atoms with van der Waals surface area (Å²) < 4.78 is 7.95. The maximum absolute atomic E-state index is 12.5. The average molecular weight is 427 g/mol. The van der Waals surface area contributed by atoms with E-state index in [1.807, 2.05) is 55.5 Å². The topological polar surface area (TPSA) is 69.0 Å². The molecule has 2 heterocycles. The van der Waals surface area contributed by atoms with Gasteiger partial charge in [0.1, 0.15) is 11.6 Å². The highest BCUT2D eigenvalue weighted by Crippen LogP contribution is 2.30. The van der Waals surface area contributed by atoms with Crippen molar-refractivity contribution in [2.45, 2.75) is 19.8 Å². The van der Waals surface area contributed by atoms with Crippen LogP contribution in [0, 0.1) is 6.92 Å². The van der Waals surface area contributed by atoms with E-state index < -0.39 is 0 Å². The maximum atomic E-state index is 12.5. The zero-order chi connectivity index (χ0) is 20.4. The number of fused-ring (bicyclic) bond motifs is 1. The molecule has 4 rings (SSSR count). The number of thiazole rings is 1. The third-order valence-electron chi connectivity index (χ3n) is 4.42. The number of carbonyl (C=O) groups excluding carboxylic acids is 1. The number of anilines is 1. The first-order chi connectivity index (χ1) is 14.0. The van der Waals surface area contributed by atoms with Crippen molar-refractivity contribution < 1.29 is 9.53 Å². The molecule has 8 heteroatoms. The molecule has 1 N–H and O–H groups in total. The Morgan fingerprint density at radius 2 is 2.00 bits per heavy atom. The number of nitrogens with one attached hydrogen (secondary N) is 1. The van der Waals surface area contributed by atoms with Crippen molar-refractivity contribution in [1.29, 1.82) is 0 Å². The van der Waals surface area contributed by atoms with Gasteiger partial charge in [0.25, 0.3) is 0 Å². The largest absolute Gasteiger partial charge is 0.497 e. The monoisotopic (exact) mass is 426 g/mol. The number of ether oxygens (including phenoxy) is 1. The molecule has 4 aromatic rings. The average Bonchev–Trinajstić information content (AvgIpc) is 3.29. The summed E-state index contributed by atoms with van der Waals surface area (Å²) in [6.45, 7) is 1.89. The number of methoxy groups -OCH3 is 1. The van der Waals surface area contributed by atoms with Crippen LogP contribution in [0.4, 0.5) is 5.82 Å². The van der Waals surface area contributed by atoms with E-state index in [9.17, 15) is 4.79 Å². The minimum absolute atomic E-state index is 0.0797. The van der Waals surface area contributed by atoms with E-state index in [1.54, 1.807) is 11.8 Å². The molecule has 0 bridgehead atoms. The summed E-state index contributed by atoms with van der Waals surface area (Å²) >= 11 is 7.40. The highest BCUT2D eigenvalue weighted by Gasteiger charge is 2.15. The third kappa shape index (κ3) is 4.41. The van der Waals surface area contributed by atoms with E-state index in [1.165, 1.54) is 11.3 Å². The lowest BCUT2D eigenvalue weighted by Gasteiger charge is -2.06. The van der Waals surface area contributed by atoms with Crippen molar-refractivity contribution in [3.63, 3.8) is 0 Å². The van der Waals surface area contributed by atoms with Crippen LogP contribution in [-0.2, 0) is 11.2 Å². The van der Waals surface area contributed by atoms with Gasteiger partial charge in [0.2, 0.25) is 11.0 Å². The molecule has 0 unspecified atom stereocenters. The Kier molecular flexibility index (Phi) is 5.51. The van der Waals surface area contributed by atoms with Crippen LogP contribution in [0.1, 0.15) is 17.7 Å². The summed E-state index contributed by atoms with van der Waals surface area (Å²) in [4.78, 5) is 17.1. The smallest absolute Gasteiger partial charge is 0.225 e. The van der Waals surface area contributed by atoms with Crippen molar-refractivity contribution in [3.05, 3.63) is 64.8 Å². The molecule has 0 fully saturated rings. The molecule has 0 atom stereocenters. The van der Waals surface area contributed by atoms with Crippen LogP contribution in [0.3, 0.4) is 0 Å². The summed E-state index contributed by atoms with van der Waals surface area (Å²) in [5.41, 5.74) is 2.73. The lowest BCUT2D eigenvalue weighted by molar-refractivity contribution is -0.116. The van der Waals surface area contributed by atoms with Gasteiger partial charge in [-0.05, 0) is 49.2 Å². The van der Waals surface area contributed by atoms with Crippen LogP contribution in [0.2, 0.25) is 5.02 Å². The van der Waals surface area contributed by atoms with E-state index in [2.05, 4.69) is 15.4 Å². The molecule has 29 heavy (non-hydrogen) atoms. The number of hydrogen-bond donors (Lipinski definition) is 1. The zero-order valence-electron chi connectivity index (χ0n) is 16.0. The quantitative estimate of drug-likeness (QED) is 0.469. The fraction of sp³-hybridized carbons (Fsp3) is 0.190. The first-order valence-corrected chi connectivity index (χ1v) is 10.3. The van der Waals surface area contributed by atoms with Gasteiger partial charge in [-0.1, -0.05) is 35.1 Å². The molecule has 0 saturated carbocycles. The second-order valence-electron chi connectivity index (χ2n) is 6.59. The van der Waals surface area contributed by atoms with Crippen LogP contribution >= 0.6 is 22.9 Å². The summed E-state index contributed by atoms with van der Waals surface area (Å²) in [6.07, 6.45) is 1.000. The number of amides is 1. The molecule has 0 radical (unpaired) electrons. The van der Waals surface area contributed by atoms with Crippen molar-refractivity contribution in [3.8, 4) is 10.9 Å². The van der Waals surface area contributed by atoms with Gasteiger partial charge in [-0.2, -0.15) is 9.78 Å². The minimum atomic E-state index is -0.0797. The van der Waals surface area contributed by atoms with Gasteiger partial charge in [0.15, 0.2) is 0 Å². The number of halogens is 1. The molecule has 2 aromatic carbocycles. The second-order valence-corrected chi connectivity index (χ2v) is 8.03. The molecule has 2 aromatic heterocycles. The number of aromatic nitrogens is 3. The lowest BCUT2D eigenvalue weighted by Crippen LogP contribution is -2.15. The van der Waals surface area contributed by atoms with Crippen molar-refractivity contribution >= 4 is 44.9 Å². The fourth-order valence-corrected chi connectivity index (χ4v) is 4.04. The summed E-state index contributed by atoms with van der Waals surface area (Å²) in [5, 5.41) is 8.83. The molecule has 0 aliphatic heterocycles. The summed E-state index contributed by atoms with van der Waals surface area (Å²) in [6, 6.07) is 15.1. The Morgan fingerprint density at radius 3 is 2.76 bits per heavy atom. The second kappa shape index (κ2) is 8.23. The maximum Gasteiger partial charge on any atom is 0.225 e. The minimum Gasteiger partial charge on any atom is -0.497 e. The molecule has 0 saturated heterocycles. The van der Waals surface area contributed by atoms with Crippen LogP contribution in [0.5, 0.6) is 5.75 Å². The van der Waals surface area contributed by atoms with Crippen molar-refractivity contribution in [2.24, 2.45) is 0 Å². The van der Waals surface area contributed by atoms with Crippen LogP contribution < -0.4 is 10.1 Å². The highest BCUT2D eigenvalue weighted by molar-refractivity contribution is 7.20. The van der Waals surface area contributed by atoms with Crippen molar-refractivity contribution in [2.75, 3.05) is 12.4 Å². The molecule has 1 amide bonds. The predicted octanol–water partition coefficient (Wildman–Crippen LogP) is 5.02. The SMILES string of the molecule is COc1ccc2nc(-n3nc(C)cc3NC(=O)CCc3ccc(Cl)cc3)sc2c1. The van der Waals surface area contributed by atoms with Gasteiger partial charge in [-0.3, -0.25) is 4.79 Å². The van der Waals surface area contributed by atoms with Gasteiger partial charge in [0, 0.05) is 17.5 Å². The number of rotatable bonds is 6. The van der Waals surface area contributed by atoms with Gasteiger partial charge in [-0.15, -0.1) is 0 Å². The lowest BCUT2D eigenvalue weighted by atomic mass is 10.1. The molecule has 0 spiro atoms. The van der Waals surface area contributed by atoms with Gasteiger partial charge < -0.3 is 10.1 Å². The van der Waals surface area contributed by atoms with E-state index in [4.69, 9.17) is 16.3 Å². The Bertz CT molecular complexity index is 1170. The molecular weight excluding hydrogens is 408 g/mol. The highest BCUT2D eigenvalue weighted by atomic mass is 35.5. The third-order valence-corrected chi connectivity index (χ3v) is 5.66. The van der Waals surface area contributed by atoms with E-state index in [-0.39, 0.29) is 5.91 Å². The number of carbonyl (C=O) groups is 1. The summed E-state index contributed by atoms with van der Waals surface area (Å²) in [7, 11) is 1.64. The first-order valence-electron chi connectivity index (χ1n) is 9.08. The zero-order valence-corrected chi connectivity index (χ0v) is 17.5. The Balaban J connectivity index is 1.52. The number of aryl methyl sites for hydroxylation is 2. The van der Waals surface area contributed by atoms with Gasteiger partial charge >= 0.3 is 0 Å². The van der Waals surface area contributed by atoms with Gasteiger partial charge in [0.05, 0.1) is 23.0 Å². The number of hydrogen-bond acceptors (Lipinski definition) is 5.